The molecule has 0 saturated carbocycles. The van der Waals surface area contributed by atoms with Gasteiger partial charge in [0.25, 0.3) is 5.91 Å². The van der Waals surface area contributed by atoms with Crippen molar-refractivity contribution in [3.05, 3.63) is 70.5 Å². The molecular weight excluding hydrogens is 424 g/mol. The summed E-state index contributed by atoms with van der Waals surface area (Å²) in [7, 11) is 0. The normalized spacial score (nSPS) is 14.6. The summed E-state index contributed by atoms with van der Waals surface area (Å²) in [5, 5.41) is 3.96. The minimum atomic E-state index is -0.450. The molecule has 2 amide bonds. The maximum Gasteiger partial charge on any atom is 0.346 e. The van der Waals surface area contributed by atoms with E-state index in [0.29, 0.717) is 65.2 Å². The molecule has 1 saturated heterocycles. The van der Waals surface area contributed by atoms with Crippen LogP contribution in [0.5, 0.6) is 0 Å². The molecule has 0 radical (unpaired) electrons. The highest BCUT2D eigenvalue weighted by Gasteiger charge is 2.25. The Morgan fingerprint density at radius 3 is 2.64 bits per heavy atom. The van der Waals surface area contributed by atoms with Gasteiger partial charge in [-0.25, -0.2) is 9.78 Å². The zero-order valence-electron chi connectivity index (χ0n) is 18.0. The Morgan fingerprint density at radius 1 is 1.09 bits per heavy atom. The van der Waals surface area contributed by atoms with Crippen LogP contribution < -0.4 is 10.9 Å². The van der Waals surface area contributed by atoms with Crippen molar-refractivity contribution in [1.29, 1.82) is 0 Å². The van der Waals surface area contributed by atoms with E-state index in [1.165, 1.54) is 6.26 Å². The topological polar surface area (TPSA) is 109 Å². The number of furan rings is 1. The molecule has 0 spiro atoms. The number of piperazine rings is 1. The molecule has 9 nitrogen and oxygen atoms in total. The largest absolute Gasteiger partial charge is 0.459 e. The van der Waals surface area contributed by atoms with Crippen LogP contribution in [0.2, 0.25) is 0 Å². The Morgan fingerprint density at radius 2 is 1.88 bits per heavy atom. The van der Waals surface area contributed by atoms with Crippen LogP contribution in [0.3, 0.4) is 0 Å². The number of nitrogens with zero attached hydrogens (tertiary/aromatic N) is 3. The van der Waals surface area contributed by atoms with E-state index < -0.39 is 5.63 Å². The van der Waals surface area contributed by atoms with Gasteiger partial charge in [0.15, 0.2) is 5.76 Å². The third-order valence-corrected chi connectivity index (χ3v) is 5.79. The van der Waals surface area contributed by atoms with Gasteiger partial charge in [-0.05, 0) is 42.8 Å². The molecule has 5 rings (SSSR count). The van der Waals surface area contributed by atoms with Gasteiger partial charge in [-0.15, -0.1) is 0 Å². The number of fused-ring (bicyclic) bond motifs is 3. The Hall–Kier alpha value is -3.98. The van der Waals surface area contributed by atoms with Crippen LogP contribution in [-0.4, -0.2) is 59.3 Å². The molecule has 4 heterocycles. The van der Waals surface area contributed by atoms with E-state index in [9.17, 15) is 14.4 Å². The van der Waals surface area contributed by atoms with Gasteiger partial charge >= 0.3 is 5.63 Å². The predicted molar refractivity (Wildman–Crippen MR) is 122 cm³/mol. The minimum absolute atomic E-state index is 0.142. The van der Waals surface area contributed by atoms with Crippen LogP contribution in [0.25, 0.3) is 21.9 Å². The Kier molecular flexibility index (Phi) is 5.39. The van der Waals surface area contributed by atoms with Crippen LogP contribution in [0, 0.1) is 6.92 Å². The second kappa shape index (κ2) is 8.51. The van der Waals surface area contributed by atoms with E-state index in [1.54, 1.807) is 42.2 Å². The molecule has 1 aliphatic rings. The fraction of sp³-hybridized carbons (Fsp3) is 0.250. The van der Waals surface area contributed by atoms with Crippen molar-refractivity contribution in [2.24, 2.45) is 0 Å². The van der Waals surface area contributed by atoms with Crippen molar-refractivity contribution < 1.29 is 18.4 Å². The van der Waals surface area contributed by atoms with E-state index in [0.717, 1.165) is 0 Å². The van der Waals surface area contributed by atoms with Gasteiger partial charge in [-0.3, -0.25) is 14.5 Å². The lowest BCUT2D eigenvalue weighted by Gasteiger charge is -2.33. The molecule has 3 aromatic heterocycles. The lowest BCUT2D eigenvalue weighted by Crippen LogP contribution is -2.50. The van der Waals surface area contributed by atoms with Crippen molar-refractivity contribution in [2.45, 2.75) is 6.92 Å². The number of amides is 2. The Balaban J connectivity index is 1.28. The molecule has 9 heteroatoms. The van der Waals surface area contributed by atoms with Crippen LogP contribution in [0.1, 0.15) is 16.1 Å². The number of para-hydroxylation sites is 1. The highest BCUT2D eigenvalue weighted by Crippen LogP contribution is 2.25. The van der Waals surface area contributed by atoms with Crippen LogP contribution in [-0.2, 0) is 4.79 Å². The van der Waals surface area contributed by atoms with Crippen LogP contribution in [0.15, 0.2) is 62.4 Å². The monoisotopic (exact) mass is 446 g/mol. The van der Waals surface area contributed by atoms with E-state index >= 15 is 0 Å². The second-order valence-electron chi connectivity index (χ2n) is 8.03. The highest BCUT2D eigenvalue weighted by atomic mass is 16.4. The molecule has 0 bridgehead atoms. The molecule has 1 aliphatic heterocycles. The fourth-order valence-electron chi connectivity index (χ4n) is 4.14. The van der Waals surface area contributed by atoms with E-state index in [2.05, 4.69) is 10.3 Å². The van der Waals surface area contributed by atoms with E-state index in [1.807, 2.05) is 17.0 Å². The van der Waals surface area contributed by atoms with Crippen molar-refractivity contribution in [1.82, 2.24) is 14.8 Å². The van der Waals surface area contributed by atoms with E-state index in [4.69, 9.17) is 8.83 Å². The van der Waals surface area contributed by atoms with Crippen molar-refractivity contribution in [2.75, 3.05) is 38.0 Å². The minimum Gasteiger partial charge on any atom is -0.459 e. The zero-order valence-corrected chi connectivity index (χ0v) is 18.0. The summed E-state index contributed by atoms with van der Waals surface area (Å²) in [6, 6.07) is 12.2. The maximum atomic E-state index is 12.7. The van der Waals surface area contributed by atoms with Crippen molar-refractivity contribution >= 4 is 39.5 Å². The summed E-state index contributed by atoms with van der Waals surface area (Å²) in [4.78, 5) is 45.8. The third kappa shape index (κ3) is 4.10. The number of carbonyl (C=O) groups is 2. The lowest BCUT2D eigenvalue weighted by atomic mass is 10.1. The van der Waals surface area contributed by atoms with Crippen LogP contribution >= 0.6 is 0 Å². The summed E-state index contributed by atoms with van der Waals surface area (Å²) >= 11 is 0. The quantitative estimate of drug-likeness (QED) is 0.379. The van der Waals surface area contributed by atoms with Gasteiger partial charge in [0.1, 0.15) is 11.4 Å². The molecule has 168 valence electrons. The van der Waals surface area contributed by atoms with Gasteiger partial charge < -0.3 is 19.1 Å². The number of nitrogens with one attached hydrogen (secondary N) is 1. The highest BCUT2D eigenvalue weighted by molar-refractivity contribution is 6.04. The number of aryl methyl sites for hydroxylation is 1. The van der Waals surface area contributed by atoms with Gasteiger partial charge in [-0.2, -0.15) is 0 Å². The number of anilines is 1. The first kappa shape index (κ1) is 20.9. The maximum absolute atomic E-state index is 12.7. The number of pyridine rings is 1. The first-order valence-electron chi connectivity index (χ1n) is 10.7. The molecule has 0 unspecified atom stereocenters. The zero-order chi connectivity index (χ0) is 22.9. The third-order valence-electron chi connectivity index (χ3n) is 5.79. The van der Waals surface area contributed by atoms with E-state index in [-0.39, 0.29) is 18.4 Å². The predicted octanol–water partition coefficient (Wildman–Crippen LogP) is 2.64. The van der Waals surface area contributed by atoms with Gasteiger partial charge in [0.05, 0.1) is 23.7 Å². The molecule has 33 heavy (non-hydrogen) atoms. The van der Waals surface area contributed by atoms with Crippen molar-refractivity contribution in [3.63, 3.8) is 0 Å². The average Bonchev–Trinajstić information content (AvgIpc) is 3.34. The van der Waals surface area contributed by atoms with Gasteiger partial charge in [0.2, 0.25) is 5.91 Å². The standard InChI is InChI=1S/C24H22N4O5/c1-15-13-19(26-22-16-5-2-3-6-17(16)33-24(31)21(15)22)25-20(29)14-27-8-10-28(11-9-27)23(30)18-7-4-12-32-18/h2-7,12-13H,8-11,14H2,1H3,(H,25,26,29). The molecule has 1 aromatic carbocycles. The number of benzene rings is 1. The summed E-state index contributed by atoms with van der Waals surface area (Å²) in [5.74, 6) is 0.351. The first-order valence-corrected chi connectivity index (χ1v) is 10.7. The number of rotatable bonds is 4. The fourth-order valence-corrected chi connectivity index (χ4v) is 4.14. The molecular formula is C24H22N4O5. The summed E-state index contributed by atoms with van der Waals surface area (Å²) in [6.45, 7) is 4.16. The SMILES string of the molecule is Cc1cc(NC(=O)CN2CCN(C(=O)c3ccco3)CC2)nc2c1c(=O)oc1ccccc12. The average molecular weight is 446 g/mol. The molecule has 1 fully saturated rings. The van der Waals surface area contributed by atoms with Gasteiger partial charge in [-0.1, -0.05) is 12.1 Å². The Labute approximate surface area is 188 Å². The molecule has 4 aromatic rings. The summed E-state index contributed by atoms with van der Waals surface area (Å²) in [6.07, 6.45) is 1.48. The molecule has 1 N–H and O–H groups in total. The number of aromatic nitrogens is 1. The first-order chi connectivity index (χ1) is 16.0. The summed E-state index contributed by atoms with van der Waals surface area (Å²) in [5.41, 5.74) is 1.18. The molecule has 0 aliphatic carbocycles. The lowest BCUT2D eigenvalue weighted by molar-refractivity contribution is -0.117. The number of carbonyl (C=O) groups excluding carboxylic acids is 2. The molecule has 0 atom stereocenters. The smallest absolute Gasteiger partial charge is 0.346 e. The van der Waals surface area contributed by atoms with Crippen LogP contribution in [0.4, 0.5) is 5.82 Å². The Bertz CT molecular complexity index is 1400. The number of hydrogen-bond donors (Lipinski definition) is 1. The second-order valence-corrected chi connectivity index (χ2v) is 8.03. The van der Waals surface area contributed by atoms with Gasteiger partial charge in [0, 0.05) is 31.6 Å². The number of hydrogen-bond acceptors (Lipinski definition) is 7. The summed E-state index contributed by atoms with van der Waals surface area (Å²) < 4.78 is 10.6. The van der Waals surface area contributed by atoms with Crippen molar-refractivity contribution in [3.8, 4) is 0 Å².